The van der Waals surface area contributed by atoms with Crippen molar-refractivity contribution >= 4 is 16.8 Å². The van der Waals surface area contributed by atoms with Gasteiger partial charge in [0.25, 0.3) is 0 Å². The molecule has 0 aliphatic carbocycles. The van der Waals surface area contributed by atoms with E-state index in [0.717, 1.165) is 6.42 Å². The maximum Gasteiger partial charge on any atom is 0.0820 e. The quantitative estimate of drug-likeness (QED) is 0.725. The molecule has 0 radical (unpaired) electrons. The summed E-state index contributed by atoms with van der Waals surface area (Å²) in [5, 5.41) is 1.28. The van der Waals surface area contributed by atoms with E-state index < -0.39 is 0 Å². The molecule has 1 aliphatic heterocycles. The van der Waals surface area contributed by atoms with Gasteiger partial charge in [0.15, 0.2) is 0 Å². The fourth-order valence-corrected chi connectivity index (χ4v) is 3.31. The summed E-state index contributed by atoms with van der Waals surface area (Å²) in [5.41, 5.74) is 1.31. The topological polar surface area (TPSA) is 12.4 Å². The number of fused-ring (bicyclic) bond motifs is 1. The number of rotatable bonds is 2. The molecule has 0 bridgehead atoms. The average Bonchev–Trinajstić information content (AvgIpc) is 2.17. The van der Waals surface area contributed by atoms with E-state index in [1.807, 2.05) is 11.8 Å². The van der Waals surface area contributed by atoms with E-state index >= 15 is 0 Å². The van der Waals surface area contributed by atoms with Crippen LogP contribution in [0.4, 0.5) is 0 Å². The SMILES string of the molecule is CCCC1=NC(C)(C)c2ccccc2S1. The molecule has 15 heavy (non-hydrogen) atoms. The van der Waals surface area contributed by atoms with E-state index in [4.69, 9.17) is 4.99 Å². The number of hydrogen-bond donors (Lipinski definition) is 0. The third-order valence-electron chi connectivity index (χ3n) is 2.64. The van der Waals surface area contributed by atoms with E-state index in [2.05, 4.69) is 45.0 Å². The zero-order chi connectivity index (χ0) is 10.9. The highest BCUT2D eigenvalue weighted by molar-refractivity contribution is 8.14. The minimum absolute atomic E-state index is 0.0493. The van der Waals surface area contributed by atoms with Gasteiger partial charge >= 0.3 is 0 Å². The molecule has 0 spiro atoms. The monoisotopic (exact) mass is 219 g/mol. The van der Waals surface area contributed by atoms with Crippen LogP contribution in [-0.2, 0) is 5.54 Å². The summed E-state index contributed by atoms with van der Waals surface area (Å²) >= 11 is 1.83. The summed E-state index contributed by atoms with van der Waals surface area (Å²) in [6.45, 7) is 6.60. The van der Waals surface area contributed by atoms with Gasteiger partial charge in [-0.3, -0.25) is 4.99 Å². The zero-order valence-electron chi connectivity index (χ0n) is 9.58. The molecule has 0 saturated heterocycles. The van der Waals surface area contributed by atoms with Crippen molar-refractivity contribution in [2.75, 3.05) is 0 Å². The largest absolute Gasteiger partial charge is 0.272 e. The summed E-state index contributed by atoms with van der Waals surface area (Å²) in [7, 11) is 0. The Kier molecular flexibility index (Phi) is 2.87. The second-order valence-corrected chi connectivity index (χ2v) is 5.53. The van der Waals surface area contributed by atoms with E-state index in [0.29, 0.717) is 0 Å². The average molecular weight is 219 g/mol. The lowest BCUT2D eigenvalue weighted by Crippen LogP contribution is -2.21. The molecule has 2 rings (SSSR count). The first kappa shape index (κ1) is 10.7. The number of thioether (sulfide) groups is 1. The molecule has 1 aromatic rings. The van der Waals surface area contributed by atoms with E-state index in [-0.39, 0.29) is 5.54 Å². The fourth-order valence-electron chi connectivity index (χ4n) is 1.90. The van der Waals surface area contributed by atoms with Crippen molar-refractivity contribution < 1.29 is 0 Å². The van der Waals surface area contributed by atoms with Gasteiger partial charge in [0, 0.05) is 4.90 Å². The van der Waals surface area contributed by atoms with Gasteiger partial charge in [0.1, 0.15) is 0 Å². The third-order valence-corrected chi connectivity index (χ3v) is 3.75. The van der Waals surface area contributed by atoms with Crippen molar-refractivity contribution in [1.29, 1.82) is 0 Å². The maximum absolute atomic E-state index is 4.82. The predicted molar refractivity (Wildman–Crippen MR) is 67.7 cm³/mol. The second-order valence-electron chi connectivity index (χ2n) is 4.41. The van der Waals surface area contributed by atoms with Crippen molar-refractivity contribution in [3.05, 3.63) is 29.8 Å². The van der Waals surface area contributed by atoms with Gasteiger partial charge in [-0.2, -0.15) is 0 Å². The van der Waals surface area contributed by atoms with Gasteiger partial charge in [0.2, 0.25) is 0 Å². The van der Waals surface area contributed by atoms with Gasteiger partial charge in [-0.1, -0.05) is 43.3 Å². The van der Waals surface area contributed by atoms with Gasteiger partial charge in [0.05, 0.1) is 10.6 Å². The first-order valence-corrected chi connectivity index (χ1v) is 6.31. The molecule has 1 aromatic carbocycles. The summed E-state index contributed by atoms with van der Waals surface area (Å²) in [5.74, 6) is 0. The lowest BCUT2D eigenvalue weighted by atomic mass is 9.95. The van der Waals surface area contributed by atoms with E-state index in [9.17, 15) is 0 Å². The summed E-state index contributed by atoms with van der Waals surface area (Å²) in [6.07, 6.45) is 2.27. The highest BCUT2D eigenvalue weighted by Crippen LogP contribution is 2.40. The lowest BCUT2D eigenvalue weighted by Gasteiger charge is -2.29. The number of nitrogens with zero attached hydrogens (tertiary/aromatic N) is 1. The molecule has 0 atom stereocenters. The minimum atomic E-state index is -0.0493. The Labute approximate surface area is 96.0 Å². The number of aliphatic imine (C=N–C) groups is 1. The van der Waals surface area contributed by atoms with Crippen LogP contribution in [0.3, 0.4) is 0 Å². The third kappa shape index (κ3) is 2.10. The van der Waals surface area contributed by atoms with Crippen molar-refractivity contribution in [2.24, 2.45) is 4.99 Å². The van der Waals surface area contributed by atoms with Crippen LogP contribution in [0, 0.1) is 0 Å². The molecule has 1 heterocycles. The standard InChI is InChI=1S/C13H17NS/c1-4-7-12-14-13(2,3)10-8-5-6-9-11(10)15-12/h5-6,8-9H,4,7H2,1-3H3. The van der Waals surface area contributed by atoms with Gasteiger partial charge < -0.3 is 0 Å². The van der Waals surface area contributed by atoms with Crippen LogP contribution >= 0.6 is 11.8 Å². The first-order valence-electron chi connectivity index (χ1n) is 5.49. The van der Waals surface area contributed by atoms with E-state index in [1.54, 1.807) is 0 Å². The molecule has 0 unspecified atom stereocenters. The molecule has 80 valence electrons. The van der Waals surface area contributed by atoms with Crippen LogP contribution < -0.4 is 0 Å². The van der Waals surface area contributed by atoms with Crippen LogP contribution in [0.25, 0.3) is 0 Å². The molecule has 0 aromatic heterocycles. The predicted octanol–water partition coefficient (Wildman–Crippen LogP) is 4.23. The number of benzene rings is 1. The van der Waals surface area contributed by atoms with Crippen molar-refractivity contribution in [2.45, 2.75) is 44.0 Å². The minimum Gasteiger partial charge on any atom is -0.272 e. The van der Waals surface area contributed by atoms with Gasteiger partial charge in [-0.25, -0.2) is 0 Å². The smallest absolute Gasteiger partial charge is 0.0820 e. The first-order chi connectivity index (χ1) is 7.13. The Balaban J connectivity index is 2.40. The van der Waals surface area contributed by atoms with Crippen molar-refractivity contribution in [3.8, 4) is 0 Å². The normalized spacial score (nSPS) is 18.2. The molecule has 2 heteroatoms. The van der Waals surface area contributed by atoms with Gasteiger partial charge in [-0.15, -0.1) is 0 Å². The lowest BCUT2D eigenvalue weighted by molar-refractivity contribution is 0.544. The summed E-state index contributed by atoms with van der Waals surface area (Å²) in [6, 6.07) is 8.60. The number of hydrogen-bond acceptors (Lipinski definition) is 2. The summed E-state index contributed by atoms with van der Waals surface area (Å²) in [4.78, 5) is 6.20. The molecule has 0 saturated carbocycles. The molecule has 0 amide bonds. The van der Waals surface area contributed by atoms with Crippen LogP contribution in [0.2, 0.25) is 0 Å². The van der Waals surface area contributed by atoms with Crippen molar-refractivity contribution in [1.82, 2.24) is 0 Å². The Morgan fingerprint density at radius 1 is 1.27 bits per heavy atom. The Hall–Kier alpha value is -0.760. The Morgan fingerprint density at radius 2 is 2.00 bits per heavy atom. The molecule has 1 nitrogen and oxygen atoms in total. The van der Waals surface area contributed by atoms with E-state index in [1.165, 1.54) is 21.9 Å². The van der Waals surface area contributed by atoms with Crippen LogP contribution in [-0.4, -0.2) is 5.04 Å². The molecule has 1 aliphatic rings. The van der Waals surface area contributed by atoms with Crippen LogP contribution in [0.5, 0.6) is 0 Å². The molecular formula is C13H17NS. The molecule has 0 N–H and O–H groups in total. The Bertz CT molecular complexity index is 393. The summed E-state index contributed by atoms with van der Waals surface area (Å²) < 4.78 is 0. The highest BCUT2D eigenvalue weighted by atomic mass is 32.2. The highest BCUT2D eigenvalue weighted by Gasteiger charge is 2.27. The maximum atomic E-state index is 4.82. The fraction of sp³-hybridized carbons (Fsp3) is 0.462. The van der Waals surface area contributed by atoms with Crippen LogP contribution in [0.15, 0.2) is 34.2 Å². The van der Waals surface area contributed by atoms with Crippen LogP contribution in [0.1, 0.15) is 39.2 Å². The van der Waals surface area contributed by atoms with Crippen molar-refractivity contribution in [3.63, 3.8) is 0 Å². The molecular weight excluding hydrogens is 202 g/mol. The Morgan fingerprint density at radius 3 is 2.73 bits per heavy atom. The zero-order valence-corrected chi connectivity index (χ0v) is 10.4. The molecule has 0 fully saturated rings. The second kappa shape index (κ2) is 4.01. The van der Waals surface area contributed by atoms with Gasteiger partial charge in [-0.05, 0) is 31.9 Å².